The van der Waals surface area contributed by atoms with Crippen LogP contribution in [-0.2, 0) is 4.74 Å². The van der Waals surface area contributed by atoms with E-state index < -0.39 is 0 Å². The number of hydrogen-bond acceptors (Lipinski definition) is 1. The molecule has 2 saturated heterocycles. The van der Waals surface area contributed by atoms with Gasteiger partial charge in [-0.2, -0.15) is 0 Å². The summed E-state index contributed by atoms with van der Waals surface area (Å²) in [5, 5.41) is 0. The summed E-state index contributed by atoms with van der Waals surface area (Å²) in [6.07, 6.45) is 3.82. The Bertz CT molecular complexity index is 233. The van der Waals surface area contributed by atoms with Crippen LogP contribution in [-0.4, -0.2) is 11.2 Å². The van der Waals surface area contributed by atoms with Gasteiger partial charge in [0.15, 0.2) is 0 Å². The summed E-state index contributed by atoms with van der Waals surface area (Å²) in [5.74, 6) is 0.801. The van der Waals surface area contributed by atoms with E-state index in [-0.39, 0.29) is 11.2 Å². The maximum atomic E-state index is 6.23. The van der Waals surface area contributed by atoms with Crippen molar-refractivity contribution in [2.75, 3.05) is 0 Å². The molecule has 1 aliphatic carbocycles. The van der Waals surface area contributed by atoms with Crippen molar-refractivity contribution in [2.24, 2.45) is 11.3 Å². The first-order valence-corrected chi connectivity index (χ1v) is 5.49. The van der Waals surface area contributed by atoms with Gasteiger partial charge in [-0.3, -0.25) is 0 Å². The first kappa shape index (κ1) is 9.51. The van der Waals surface area contributed by atoms with Gasteiger partial charge in [-0.15, -0.1) is 0 Å². The smallest absolute Gasteiger partial charge is 0.0689 e. The Kier molecular flexibility index (Phi) is 1.69. The lowest BCUT2D eigenvalue weighted by Gasteiger charge is -2.63. The van der Waals surface area contributed by atoms with Crippen LogP contribution in [0.2, 0.25) is 0 Å². The van der Waals surface area contributed by atoms with Gasteiger partial charge in [0, 0.05) is 0 Å². The van der Waals surface area contributed by atoms with E-state index in [4.69, 9.17) is 4.74 Å². The molecular weight excluding hydrogens is 160 g/mol. The van der Waals surface area contributed by atoms with Crippen LogP contribution in [0.25, 0.3) is 0 Å². The van der Waals surface area contributed by atoms with Crippen molar-refractivity contribution in [3.8, 4) is 0 Å². The van der Waals surface area contributed by atoms with Gasteiger partial charge in [0.1, 0.15) is 0 Å². The van der Waals surface area contributed by atoms with E-state index in [0.29, 0.717) is 5.41 Å². The van der Waals surface area contributed by atoms with Gasteiger partial charge in [0.2, 0.25) is 0 Å². The Morgan fingerprint density at radius 3 is 2.15 bits per heavy atom. The zero-order valence-electron chi connectivity index (χ0n) is 9.61. The second kappa shape index (κ2) is 2.31. The highest BCUT2D eigenvalue weighted by molar-refractivity contribution is 5.07. The van der Waals surface area contributed by atoms with Crippen LogP contribution >= 0.6 is 0 Å². The van der Waals surface area contributed by atoms with Crippen LogP contribution in [0.4, 0.5) is 0 Å². The highest BCUT2D eigenvalue weighted by atomic mass is 16.5. The van der Waals surface area contributed by atoms with Crippen molar-refractivity contribution >= 4 is 0 Å². The molecule has 3 aliphatic rings. The molecule has 0 aromatic carbocycles. The zero-order chi connectivity index (χ0) is 9.91. The van der Waals surface area contributed by atoms with Crippen LogP contribution in [0.3, 0.4) is 0 Å². The minimum absolute atomic E-state index is 0.0671. The number of hydrogen-bond donors (Lipinski definition) is 0. The maximum Gasteiger partial charge on any atom is 0.0689 e. The van der Waals surface area contributed by atoms with Gasteiger partial charge in [0.25, 0.3) is 0 Å². The molecule has 76 valence electrons. The summed E-state index contributed by atoms with van der Waals surface area (Å²) in [6.45, 7) is 11.6. The van der Waals surface area contributed by atoms with Gasteiger partial charge >= 0.3 is 0 Å². The van der Waals surface area contributed by atoms with Crippen molar-refractivity contribution < 1.29 is 4.74 Å². The summed E-state index contributed by atoms with van der Waals surface area (Å²) in [5.41, 5.74) is 0.628. The Morgan fingerprint density at radius 1 is 1.08 bits per heavy atom. The van der Waals surface area contributed by atoms with Crippen LogP contribution in [0.5, 0.6) is 0 Å². The third-order valence-electron chi connectivity index (χ3n) is 4.88. The molecule has 3 unspecified atom stereocenters. The van der Waals surface area contributed by atoms with Crippen molar-refractivity contribution in [1.29, 1.82) is 0 Å². The van der Waals surface area contributed by atoms with Crippen LogP contribution in [0.15, 0.2) is 0 Å². The predicted octanol–water partition coefficient (Wildman–Crippen LogP) is 3.38. The molecule has 0 amide bonds. The monoisotopic (exact) mass is 182 g/mol. The second-order valence-corrected chi connectivity index (χ2v) is 6.08. The number of rotatable bonds is 0. The molecule has 2 heterocycles. The van der Waals surface area contributed by atoms with Crippen molar-refractivity contribution in [1.82, 2.24) is 0 Å². The summed E-state index contributed by atoms with van der Waals surface area (Å²) >= 11 is 0. The maximum absolute atomic E-state index is 6.23. The van der Waals surface area contributed by atoms with Gasteiger partial charge < -0.3 is 4.74 Å². The highest BCUT2D eigenvalue weighted by Gasteiger charge is 2.58. The lowest BCUT2D eigenvalue weighted by molar-refractivity contribution is -0.286. The SMILES string of the molecule is CC1CC2(C)CCC1(C)C(C)(C)O2. The van der Waals surface area contributed by atoms with E-state index in [1.165, 1.54) is 19.3 Å². The molecule has 13 heavy (non-hydrogen) atoms. The van der Waals surface area contributed by atoms with Crippen molar-refractivity contribution in [2.45, 2.75) is 65.1 Å². The number of ether oxygens (including phenoxy) is 1. The molecule has 0 aromatic rings. The second-order valence-electron chi connectivity index (χ2n) is 6.08. The number of fused-ring (bicyclic) bond motifs is 3. The Hall–Kier alpha value is -0.0400. The zero-order valence-corrected chi connectivity index (χ0v) is 9.61. The minimum atomic E-state index is 0.0671. The average Bonchev–Trinajstić information content (AvgIpc) is 1.93. The normalized spacial score (nSPS) is 53.8. The largest absolute Gasteiger partial charge is 0.369 e. The molecule has 3 fully saturated rings. The summed E-state index contributed by atoms with van der Waals surface area (Å²) in [6, 6.07) is 0. The van der Waals surface area contributed by atoms with Crippen LogP contribution in [0, 0.1) is 11.3 Å². The van der Waals surface area contributed by atoms with Crippen LogP contribution in [0.1, 0.15) is 53.9 Å². The van der Waals surface area contributed by atoms with Crippen molar-refractivity contribution in [3.63, 3.8) is 0 Å². The molecule has 3 atom stereocenters. The van der Waals surface area contributed by atoms with Gasteiger partial charge in [-0.05, 0) is 51.4 Å². The lowest BCUT2D eigenvalue weighted by atomic mass is 9.54. The van der Waals surface area contributed by atoms with E-state index >= 15 is 0 Å². The first-order chi connectivity index (χ1) is 5.79. The third-order valence-corrected chi connectivity index (χ3v) is 4.88. The van der Waals surface area contributed by atoms with E-state index in [0.717, 1.165) is 5.92 Å². The molecule has 1 heteroatoms. The van der Waals surface area contributed by atoms with Crippen molar-refractivity contribution in [3.05, 3.63) is 0 Å². The molecule has 0 radical (unpaired) electrons. The van der Waals surface area contributed by atoms with Gasteiger partial charge in [0.05, 0.1) is 11.2 Å². The molecule has 1 saturated carbocycles. The molecule has 1 nitrogen and oxygen atoms in total. The fraction of sp³-hybridized carbons (Fsp3) is 1.00. The predicted molar refractivity (Wildman–Crippen MR) is 54.7 cm³/mol. The first-order valence-electron chi connectivity index (χ1n) is 5.49. The van der Waals surface area contributed by atoms with E-state index in [1.807, 2.05) is 0 Å². The topological polar surface area (TPSA) is 9.23 Å². The molecule has 0 aromatic heterocycles. The Balaban J connectivity index is 2.39. The standard InChI is InChI=1S/C12H22O/c1-9-8-11(4)6-7-12(9,5)10(2,3)13-11/h9H,6-8H2,1-5H3. The quantitative estimate of drug-likeness (QED) is 0.558. The minimum Gasteiger partial charge on any atom is -0.369 e. The molecule has 0 spiro atoms. The van der Waals surface area contributed by atoms with Gasteiger partial charge in [-0.25, -0.2) is 0 Å². The fourth-order valence-corrected chi connectivity index (χ4v) is 3.47. The molecule has 2 aliphatic heterocycles. The van der Waals surface area contributed by atoms with Gasteiger partial charge in [-0.1, -0.05) is 13.8 Å². The molecular formula is C12H22O. The molecule has 0 N–H and O–H groups in total. The average molecular weight is 182 g/mol. The lowest BCUT2D eigenvalue weighted by Crippen LogP contribution is -2.63. The molecule has 2 bridgehead atoms. The summed E-state index contributed by atoms with van der Waals surface area (Å²) in [7, 11) is 0. The van der Waals surface area contributed by atoms with E-state index in [1.54, 1.807) is 0 Å². The Labute approximate surface area is 81.9 Å². The molecule has 3 rings (SSSR count). The van der Waals surface area contributed by atoms with Crippen LogP contribution < -0.4 is 0 Å². The summed E-state index contributed by atoms with van der Waals surface area (Å²) < 4.78 is 6.23. The summed E-state index contributed by atoms with van der Waals surface area (Å²) in [4.78, 5) is 0. The highest BCUT2D eigenvalue weighted by Crippen LogP contribution is 2.59. The van der Waals surface area contributed by atoms with E-state index in [9.17, 15) is 0 Å². The fourth-order valence-electron chi connectivity index (χ4n) is 3.47. The Morgan fingerprint density at radius 2 is 1.69 bits per heavy atom. The third kappa shape index (κ3) is 1.09. The van der Waals surface area contributed by atoms with E-state index in [2.05, 4.69) is 34.6 Å².